The Morgan fingerprint density at radius 1 is 1.32 bits per heavy atom. The highest BCUT2D eigenvalue weighted by molar-refractivity contribution is 5.83. The fraction of sp³-hybridized carbons (Fsp3) is 0.533. The molecule has 4 nitrogen and oxygen atoms in total. The zero-order valence-electron chi connectivity index (χ0n) is 11.8. The minimum absolute atomic E-state index is 0.00982. The van der Waals surface area contributed by atoms with Crippen LogP contribution in [0.4, 0.5) is 0 Å². The van der Waals surface area contributed by atoms with Gasteiger partial charge < -0.3 is 15.2 Å². The second kappa shape index (κ2) is 7.79. The first-order valence-corrected chi connectivity index (χ1v) is 6.63. The average Bonchev–Trinajstić information content (AvgIpc) is 2.44. The largest absolute Gasteiger partial charge is 0.497 e. The quantitative estimate of drug-likeness (QED) is 0.793. The van der Waals surface area contributed by atoms with Crippen LogP contribution in [-0.2, 0) is 4.79 Å². The molecule has 0 aliphatic heterocycles. The van der Waals surface area contributed by atoms with Gasteiger partial charge in [0.25, 0.3) is 0 Å². The lowest BCUT2D eigenvalue weighted by atomic mass is 9.99. The molecule has 1 aromatic rings. The maximum absolute atomic E-state index is 12.1. The van der Waals surface area contributed by atoms with Crippen LogP contribution in [-0.4, -0.2) is 30.8 Å². The van der Waals surface area contributed by atoms with Crippen LogP contribution in [0.25, 0.3) is 0 Å². The molecular weight excluding hydrogens is 242 g/mol. The lowest BCUT2D eigenvalue weighted by molar-refractivity contribution is -0.122. The van der Waals surface area contributed by atoms with E-state index in [2.05, 4.69) is 5.32 Å². The Balaban J connectivity index is 2.55. The molecule has 0 heterocycles. The Morgan fingerprint density at radius 2 is 1.95 bits per heavy atom. The third kappa shape index (κ3) is 4.91. The normalized spacial score (nSPS) is 13.7. The summed E-state index contributed by atoms with van der Waals surface area (Å²) in [6.07, 6.45) is 1.50. The van der Waals surface area contributed by atoms with Crippen LogP contribution < -0.4 is 10.1 Å². The van der Waals surface area contributed by atoms with Gasteiger partial charge in [0.2, 0.25) is 5.91 Å². The van der Waals surface area contributed by atoms with Crippen molar-refractivity contribution in [2.45, 2.75) is 38.6 Å². The summed E-state index contributed by atoms with van der Waals surface area (Å²) < 4.78 is 5.09. The maximum Gasteiger partial charge on any atom is 0.227 e. The first-order valence-electron chi connectivity index (χ1n) is 6.63. The molecule has 2 N–H and O–H groups in total. The summed E-state index contributed by atoms with van der Waals surface area (Å²) in [4.78, 5) is 12.1. The highest BCUT2D eigenvalue weighted by atomic mass is 16.5. The number of benzene rings is 1. The molecule has 1 amide bonds. The van der Waals surface area contributed by atoms with Crippen molar-refractivity contribution in [2.75, 3.05) is 13.7 Å². The molecule has 0 saturated heterocycles. The van der Waals surface area contributed by atoms with Gasteiger partial charge in [0.1, 0.15) is 5.75 Å². The van der Waals surface area contributed by atoms with E-state index in [0.717, 1.165) is 17.7 Å². The molecule has 0 saturated carbocycles. The smallest absolute Gasteiger partial charge is 0.227 e. The molecule has 19 heavy (non-hydrogen) atoms. The monoisotopic (exact) mass is 265 g/mol. The van der Waals surface area contributed by atoms with Crippen molar-refractivity contribution in [3.05, 3.63) is 29.8 Å². The van der Waals surface area contributed by atoms with Gasteiger partial charge in [-0.05, 0) is 44.4 Å². The summed E-state index contributed by atoms with van der Waals surface area (Å²) in [7, 11) is 1.62. The highest BCUT2D eigenvalue weighted by Gasteiger charge is 2.16. The van der Waals surface area contributed by atoms with Gasteiger partial charge in [-0.3, -0.25) is 4.79 Å². The fourth-order valence-corrected chi connectivity index (χ4v) is 1.88. The van der Waals surface area contributed by atoms with Gasteiger partial charge in [0.05, 0.1) is 13.0 Å². The zero-order chi connectivity index (χ0) is 14.3. The molecule has 0 spiro atoms. The average molecular weight is 265 g/mol. The van der Waals surface area contributed by atoms with E-state index in [-0.39, 0.29) is 24.5 Å². The number of aliphatic hydroxyl groups is 1. The molecule has 106 valence electrons. The van der Waals surface area contributed by atoms with Crippen molar-refractivity contribution < 1.29 is 14.6 Å². The molecule has 2 unspecified atom stereocenters. The number of hydrogen-bond acceptors (Lipinski definition) is 3. The van der Waals surface area contributed by atoms with Crippen molar-refractivity contribution in [1.29, 1.82) is 0 Å². The van der Waals surface area contributed by atoms with Crippen molar-refractivity contribution in [3.63, 3.8) is 0 Å². The van der Waals surface area contributed by atoms with Crippen LogP contribution in [0, 0.1) is 0 Å². The summed E-state index contributed by atoms with van der Waals surface area (Å²) in [6.45, 7) is 4.00. The Bertz CT molecular complexity index is 389. The highest BCUT2D eigenvalue weighted by Crippen LogP contribution is 2.19. The van der Waals surface area contributed by atoms with Gasteiger partial charge >= 0.3 is 0 Å². The number of amides is 1. The van der Waals surface area contributed by atoms with Crippen LogP contribution in [0.1, 0.15) is 38.2 Å². The predicted octanol–water partition coefficient (Wildman–Crippen LogP) is 2.08. The standard InChI is InChI=1S/C15H23NO3/c1-11(5-4-10-17)16-15(18)12(2)13-6-8-14(19-3)9-7-13/h6-9,11-12,17H,4-5,10H2,1-3H3,(H,16,18). The molecule has 0 radical (unpaired) electrons. The Morgan fingerprint density at radius 3 is 2.47 bits per heavy atom. The number of carbonyl (C=O) groups excluding carboxylic acids is 1. The number of methoxy groups -OCH3 is 1. The predicted molar refractivity (Wildman–Crippen MR) is 75.3 cm³/mol. The number of rotatable bonds is 7. The van der Waals surface area contributed by atoms with Gasteiger partial charge in [0.15, 0.2) is 0 Å². The molecule has 0 aliphatic carbocycles. The minimum Gasteiger partial charge on any atom is -0.497 e. The first-order chi connectivity index (χ1) is 9.08. The summed E-state index contributed by atoms with van der Waals surface area (Å²) >= 11 is 0. The number of carbonyl (C=O) groups is 1. The number of aliphatic hydroxyl groups excluding tert-OH is 1. The van der Waals surface area contributed by atoms with E-state index in [1.807, 2.05) is 38.1 Å². The number of hydrogen-bond donors (Lipinski definition) is 2. The molecule has 1 aromatic carbocycles. The molecule has 1 rings (SSSR count). The third-order valence-corrected chi connectivity index (χ3v) is 3.19. The van der Waals surface area contributed by atoms with Crippen LogP contribution in [0.15, 0.2) is 24.3 Å². The van der Waals surface area contributed by atoms with Crippen LogP contribution in [0.3, 0.4) is 0 Å². The van der Waals surface area contributed by atoms with Gasteiger partial charge in [-0.25, -0.2) is 0 Å². The van der Waals surface area contributed by atoms with Crippen LogP contribution in [0.5, 0.6) is 5.75 Å². The topological polar surface area (TPSA) is 58.6 Å². The van der Waals surface area contributed by atoms with E-state index >= 15 is 0 Å². The van der Waals surface area contributed by atoms with Crippen LogP contribution in [0.2, 0.25) is 0 Å². The van der Waals surface area contributed by atoms with E-state index in [1.54, 1.807) is 7.11 Å². The number of nitrogens with one attached hydrogen (secondary N) is 1. The molecule has 2 atom stereocenters. The van der Waals surface area contributed by atoms with Crippen molar-refractivity contribution in [3.8, 4) is 5.75 Å². The van der Waals surface area contributed by atoms with Gasteiger partial charge in [0, 0.05) is 12.6 Å². The van der Waals surface area contributed by atoms with Crippen molar-refractivity contribution in [1.82, 2.24) is 5.32 Å². The molecule has 0 bridgehead atoms. The van der Waals surface area contributed by atoms with E-state index in [0.29, 0.717) is 6.42 Å². The van der Waals surface area contributed by atoms with Gasteiger partial charge in [-0.1, -0.05) is 12.1 Å². The molecule has 0 aromatic heterocycles. The Hall–Kier alpha value is -1.55. The van der Waals surface area contributed by atoms with E-state index < -0.39 is 0 Å². The third-order valence-electron chi connectivity index (χ3n) is 3.19. The zero-order valence-corrected chi connectivity index (χ0v) is 11.8. The molecule has 0 aliphatic rings. The van der Waals surface area contributed by atoms with E-state index in [9.17, 15) is 4.79 Å². The lowest BCUT2D eigenvalue weighted by Crippen LogP contribution is -2.35. The molecule has 4 heteroatoms. The van der Waals surface area contributed by atoms with Crippen molar-refractivity contribution >= 4 is 5.91 Å². The second-order valence-electron chi connectivity index (χ2n) is 4.77. The first kappa shape index (κ1) is 15.5. The Labute approximate surface area is 114 Å². The number of ether oxygens (including phenoxy) is 1. The van der Waals surface area contributed by atoms with Gasteiger partial charge in [-0.15, -0.1) is 0 Å². The summed E-state index contributed by atoms with van der Waals surface area (Å²) in [5.74, 6) is 0.603. The van der Waals surface area contributed by atoms with Gasteiger partial charge in [-0.2, -0.15) is 0 Å². The lowest BCUT2D eigenvalue weighted by Gasteiger charge is -2.17. The summed E-state index contributed by atoms with van der Waals surface area (Å²) in [5.41, 5.74) is 0.965. The summed E-state index contributed by atoms with van der Waals surface area (Å²) in [5, 5.41) is 11.7. The maximum atomic E-state index is 12.1. The molecular formula is C15H23NO3. The molecule has 0 fully saturated rings. The summed E-state index contributed by atoms with van der Waals surface area (Å²) in [6, 6.07) is 7.60. The minimum atomic E-state index is -0.192. The SMILES string of the molecule is COc1ccc(C(C)C(=O)NC(C)CCCO)cc1. The van der Waals surface area contributed by atoms with Crippen LogP contribution >= 0.6 is 0 Å². The van der Waals surface area contributed by atoms with E-state index in [4.69, 9.17) is 9.84 Å². The Kier molecular flexibility index (Phi) is 6.36. The van der Waals surface area contributed by atoms with Crippen molar-refractivity contribution in [2.24, 2.45) is 0 Å². The van der Waals surface area contributed by atoms with E-state index in [1.165, 1.54) is 0 Å². The fourth-order valence-electron chi connectivity index (χ4n) is 1.88. The second-order valence-corrected chi connectivity index (χ2v) is 4.77.